The predicted molar refractivity (Wildman–Crippen MR) is 78.0 cm³/mol. The van der Waals surface area contributed by atoms with Crippen LogP contribution >= 0.6 is 22.9 Å². The van der Waals surface area contributed by atoms with Gasteiger partial charge in [0.05, 0.1) is 0 Å². The molecule has 0 aliphatic heterocycles. The van der Waals surface area contributed by atoms with E-state index in [1.54, 1.807) is 5.38 Å². The van der Waals surface area contributed by atoms with Crippen molar-refractivity contribution in [3.8, 4) is 0 Å². The quantitative estimate of drug-likeness (QED) is 0.878. The average Bonchev–Trinajstić information content (AvgIpc) is 2.85. The molecule has 3 nitrogen and oxygen atoms in total. The van der Waals surface area contributed by atoms with Gasteiger partial charge in [0.15, 0.2) is 0 Å². The minimum absolute atomic E-state index is 0.0650. The number of halogens is 1. The van der Waals surface area contributed by atoms with Gasteiger partial charge in [0, 0.05) is 17.6 Å². The summed E-state index contributed by atoms with van der Waals surface area (Å²) >= 11 is 7.37. The largest absolute Gasteiger partial charge is 0.477 e. The Labute approximate surface area is 120 Å². The third-order valence-corrected chi connectivity index (χ3v) is 4.20. The van der Waals surface area contributed by atoms with Crippen LogP contribution in [0.4, 0.5) is 0 Å². The lowest BCUT2D eigenvalue weighted by Crippen LogP contribution is -2.19. The van der Waals surface area contributed by atoms with Crippen LogP contribution < -0.4 is 5.32 Å². The molecule has 0 fully saturated rings. The second kappa shape index (κ2) is 6.19. The van der Waals surface area contributed by atoms with Crippen LogP contribution in [-0.2, 0) is 6.54 Å². The molecule has 1 aromatic carbocycles. The molecule has 1 atom stereocenters. The van der Waals surface area contributed by atoms with E-state index in [-0.39, 0.29) is 6.04 Å². The molecule has 0 bridgehead atoms. The summed E-state index contributed by atoms with van der Waals surface area (Å²) < 4.78 is 0. The number of rotatable bonds is 5. The van der Waals surface area contributed by atoms with Gasteiger partial charge < -0.3 is 10.4 Å². The maximum atomic E-state index is 11.0. The van der Waals surface area contributed by atoms with Crippen molar-refractivity contribution in [3.05, 3.63) is 56.7 Å². The molecule has 0 radical (unpaired) electrons. The lowest BCUT2D eigenvalue weighted by molar-refractivity contribution is 0.0701. The minimum Gasteiger partial charge on any atom is -0.477 e. The highest BCUT2D eigenvalue weighted by Gasteiger charge is 2.13. The minimum atomic E-state index is -0.878. The molecule has 0 amide bonds. The van der Waals surface area contributed by atoms with Crippen LogP contribution in [0.5, 0.6) is 0 Å². The molecule has 100 valence electrons. The second-order valence-electron chi connectivity index (χ2n) is 4.20. The molecule has 0 saturated carbocycles. The van der Waals surface area contributed by atoms with Crippen molar-refractivity contribution in [2.24, 2.45) is 0 Å². The Balaban J connectivity index is 2.05. The molecular formula is C14H14ClNO2S. The summed E-state index contributed by atoms with van der Waals surface area (Å²) in [7, 11) is 0. The Kier molecular flexibility index (Phi) is 4.58. The molecular weight excluding hydrogens is 282 g/mol. The van der Waals surface area contributed by atoms with Crippen LogP contribution in [0.25, 0.3) is 0 Å². The number of nitrogens with one attached hydrogen (secondary N) is 1. The standard InChI is InChI=1S/C14H14ClNO2S/c1-9(11-4-2-3-5-12(11)15)16-8-10-6-7-19-13(10)14(17)18/h2-7,9,16H,8H2,1H3,(H,17,18)/t9-/m0/s1. The Morgan fingerprint density at radius 2 is 2.16 bits per heavy atom. The van der Waals surface area contributed by atoms with Gasteiger partial charge >= 0.3 is 5.97 Å². The van der Waals surface area contributed by atoms with Gasteiger partial charge in [-0.25, -0.2) is 4.79 Å². The van der Waals surface area contributed by atoms with Crippen LogP contribution in [-0.4, -0.2) is 11.1 Å². The van der Waals surface area contributed by atoms with Crippen molar-refractivity contribution in [3.63, 3.8) is 0 Å². The summed E-state index contributed by atoms with van der Waals surface area (Å²) in [6, 6.07) is 9.54. The van der Waals surface area contributed by atoms with E-state index in [0.717, 1.165) is 11.1 Å². The van der Waals surface area contributed by atoms with E-state index in [2.05, 4.69) is 5.32 Å². The molecule has 0 aliphatic carbocycles. The van der Waals surface area contributed by atoms with Crippen molar-refractivity contribution in [1.82, 2.24) is 5.32 Å². The predicted octanol–water partition coefficient (Wildman–Crippen LogP) is 3.95. The average molecular weight is 296 g/mol. The fraction of sp³-hybridized carbons (Fsp3) is 0.214. The van der Waals surface area contributed by atoms with Gasteiger partial charge in [0.25, 0.3) is 0 Å². The SMILES string of the molecule is C[C@H](NCc1ccsc1C(=O)O)c1ccccc1Cl. The molecule has 0 saturated heterocycles. The number of carboxylic acid groups (broad SMARTS) is 1. The summed E-state index contributed by atoms with van der Waals surface area (Å²) in [5, 5.41) is 14.8. The smallest absolute Gasteiger partial charge is 0.346 e. The summed E-state index contributed by atoms with van der Waals surface area (Å²) in [5.74, 6) is -0.878. The number of aromatic carboxylic acids is 1. The Morgan fingerprint density at radius 1 is 1.42 bits per heavy atom. The van der Waals surface area contributed by atoms with Crippen LogP contribution in [0.1, 0.15) is 33.8 Å². The zero-order chi connectivity index (χ0) is 13.8. The molecule has 0 unspecified atom stereocenters. The van der Waals surface area contributed by atoms with Gasteiger partial charge in [-0.1, -0.05) is 29.8 Å². The summed E-state index contributed by atoms with van der Waals surface area (Å²) in [6.07, 6.45) is 0. The highest BCUT2D eigenvalue weighted by atomic mass is 35.5. The monoisotopic (exact) mass is 295 g/mol. The van der Waals surface area contributed by atoms with Gasteiger partial charge in [0.1, 0.15) is 4.88 Å². The maximum Gasteiger partial charge on any atom is 0.346 e. The topological polar surface area (TPSA) is 49.3 Å². The van der Waals surface area contributed by atoms with Gasteiger partial charge in [0.2, 0.25) is 0 Å². The van der Waals surface area contributed by atoms with E-state index < -0.39 is 5.97 Å². The number of carboxylic acids is 1. The summed E-state index contributed by atoms with van der Waals surface area (Å²) in [5.41, 5.74) is 1.81. The fourth-order valence-electron chi connectivity index (χ4n) is 1.86. The zero-order valence-electron chi connectivity index (χ0n) is 10.4. The Bertz CT molecular complexity index is 582. The van der Waals surface area contributed by atoms with Crippen molar-refractivity contribution in [2.75, 3.05) is 0 Å². The first kappa shape index (κ1) is 14.1. The second-order valence-corrected chi connectivity index (χ2v) is 5.53. The van der Waals surface area contributed by atoms with E-state index in [4.69, 9.17) is 16.7 Å². The van der Waals surface area contributed by atoms with Gasteiger partial charge in [-0.05, 0) is 35.6 Å². The number of thiophene rings is 1. The van der Waals surface area contributed by atoms with Crippen LogP contribution in [0.2, 0.25) is 5.02 Å². The van der Waals surface area contributed by atoms with Crippen molar-refractivity contribution in [2.45, 2.75) is 19.5 Å². The first-order valence-electron chi connectivity index (χ1n) is 5.87. The van der Waals surface area contributed by atoms with Gasteiger partial charge in [-0.15, -0.1) is 11.3 Å². The van der Waals surface area contributed by atoms with E-state index in [1.165, 1.54) is 11.3 Å². The molecule has 1 heterocycles. The number of hydrogen-bond acceptors (Lipinski definition) is 3. The Morgan fingerprint density at radius 3 is 2.84 bits per heavy atom. The third-order valence-electron chi connectivity index (χ3n) is 2.91. The van der Waals surface area contributed by atoms with E-state index in [0.29, 0.717) is 16.4 Å². The number of hydrogen-bond donors (Lipinski definition) is 2. The van der Waals surface area contributed by atoms with Crippen LogP contribution in [0, 0.1) is 0 Å². The molecule has 0 spiro atoms. The Hall–Kier alpha value is -1.36. The number of benzene rings is 1. The van der Waals surface area contributed by atoms with Crippen LogP contribution in [0.15, 0.2) is 35.7 Å². The zero-order valence-corrected chi connectivity index (χ0v) is 12.0. The lowest BCUT2D eigenvalue weighted by atomic mass is 10.1. The summed E-state index contributed by atoms with van der Waals surface area (Å²) in [4.78, 5) is 11.4. The normalized spacial score (nSPS) is 12.3. The molecule has 1 aromatic heterocycles. The molecule has 5 heteroatoms. The molecule has 2 N–H and O–H groups in total. The van der Waals surface area contributed by atoms with E-state index >= 15 is 0 Å². The van der Waals surface area contributed by atoms with Gasteiger partial charge in [-0.2, -0.15) is 0 Å². The molecule has 2 aromatic rings. The molecule has 19 heavy (non-hydrogen) atoms. The van der Waals surface area contributed by atoms with Crippen LogP contribution in [0.3, 0.4) is 0 Å². The lowest BCUT2D eigenvalue weighted by Gasteiger charge is -2.15. The first-order chi connectivity index (χ1) is 9.09. The van der Waals surface area contributed by atoms with E-state index in [1.807, 2.05) is 37.3 Å². The maximum absolute atomic E-state index is 11.0. The highest BCUT2D eigenvalue weighted by Crippen LogP contribution is 2.23. The summed E-state index contributed by atoms with van der Waals surface area (Å²) in [6.45, 7) is 2.52. The fourth-order valence-corrected chi connectivity index (χ4v) is 2.92. The third kappa shape index (κ3) is 3.35. The number of carbonyl (C=O) groups is 1. The van der Waals surface area contributed by atoms with Crippen molar-refractivity contribution in [1.29, 1.82) is 0 Å². The van der Waals surface area contributed by atoms with E-state index in [9.17, 15) is 4.79 Å². The van der Waals surface area contributed by atoms with Gasteiger partial charge in [-0.3, -0.25) is 0 Å². The van der Waals surface area contributed by atoms with Crippen molar-refractivity contribution < 1.29 is 9.90 Å². The highest BCUT2D eigenvalue weighted by molar-refractivity contribution is 7.12. The molecule has 0 aliphatic rings. The first-order valence-corrected chi connectivity index (χ1v) is 7.13. The van der Waals surface area contributed by atoms with Crippen molar-refractivity contribution >= 4 is 28.9 Å². The molecule has 2 rings (SSSR count).